The van der Waals surface area contributed by atoms with Gasteiger partial charge in [-0.05, 0) is 23.6 Å². The van der Waals surface area contributed by atoms with Crippen LogP contribution in [0.5, 0.6) is 0 Å². The lowest BCUT2D eigenvalue weighted by Gasteiger charge is -2.05. The molecule has 0 saturated heterocycles. The predicted octanol–water partition coefficient (Wildman–Crippen LogP) is 2.87. The zero-order valence-corrected chi connectivity index (χ0v) is 9.58. The number of allylic oxidation sites excluding steroid dienone is 6. The molecule has 1 aliphatic carbocycles. The standard InChI is InChI=1S/C15H15NO/c17-12-16-15(14-9-5-2-6-10-14)11-13-7-3-1-4-8-13/h1-7,9-11,17H,8,12H2/b13-11-,16-15+. The van der Waals surface area contributed by atoms with Gasteiger partial charge in [-0.25, -0.2) is 0 Å². The third-order valence-corrected chi connectivity index (χ3v) is 2.54. The van der Waals surface area contributed by atoms with Gasteiger partial charge in [-0.15, -0.1) is 0 Å². The Morgan fingerprint density at radius 3 is 2.71 bits per heavy atom. The highest BCUT2D eigenvalue weighted by Gasteiger charge is 2.01. The predicted molar refractivity (Wildman–Crippen MR) is 71.0 cm³/mol. The van der Waals surface area contributed by atoms with Crippen LogP contribution in [-0.2, 0) is 0 Å². The van der Waals surface area contributed by atoms with Crippen LogP contribution in [0, 0.1) is 0 Å². The van der Waals surface area contributed by atoms with Crippen molar-refractivity contribution in [3.63, 3.8) is 0 Å². The number of aliphatic imine (C=N–C) groups is 1. The molecule has 1 aromatic rings. The summed E-state index contributed by atoms with van der Waals surface area (Å²) >= 11 is 0. The fourth-order valence-electron chi connectivity index (χ4n) is 1.72. The fraction of sp³-hybridized carbons (Fsp3) is 0.133. The van der Waals surface area contributed by atoms with Crippen molar-refractivity contribution in [1.82, 2.24) is 0 Å². The molecule has 2 rings (SSSR count). The van der Waals surface area contributed by atoms with Crippen LogP contribution in [0.4, 0.5) is 0 Å². The number of aliphatic hydroxyl groups excluding tert-OH is 1. The lowest BCUT2D eigenvalue weighted by Crippen LogP contribution is -2.00. The number of nitrogens with zero attached hydrogens (tertiary/aromatic N) is 1. The lowest BCUT2D eigenvalue weighted by atomic mass is 10.0. The van der Waals surface area contributed by atoms with Gasteiger partial charge in [0.2, 0.25) is 0 Å². The number of aliphatic hydroxyl groups is 1. The molecule has 0 aliphatic heterocycles. The SMILES string of the molecule is OC/N=C(\C=C1\C=CC=CC1)c1ccccc1. The maximum absolute atomic E-state index is 8.98. The number of hydrogen-bond donors (Lipinski definition) is 1. The smallest absolute Gasteiger partial charge is 0.134 e. The second-order valence-corrected chi connectivity index (χ2v) is 3.76. The van der Waals surface area contributed by atoms with Gasteiger partial charge < -0.3 is 5.11 Å². The fourth-order valence-corrected chi connectivity index (χ4v) is 1.72. The van der Waals surface area contributed by atoms with Crippen molar-refractivity contribution in [3.05, 3.63) is 71.8 Å². The average Bonchev–Trinajstić information content (AvgIpc) is 2.40. The topological polar surface area (TPSA) is 32.6 Å². The summed E-state index contributed by atoms with van der Waals surface area (Å²) in [4.78, 5) is 4.13. The summed E-state index contributed by atoms with van der Waals surface area (Å²) in [5.41, 5.74) is 3.05. The van der Waals surface area contributed by atoms with Crippen molar-refractivity contribution in [2.24, 2.45) is 4.99 Å². The van der Waals surface area contributed by atoms with E-state index in [0.29, 0.717) is 0 Å². The Morgan fingerprint density at radius 1 is 1.24 bits per heavy atom. The molecule has 2 heteroatoms. The molecule has 0 saturated carbocycles. The van der Waals surface area contributed by atoms with E-state index in [4.69, 9.17) is 5.11 Å². The summed E-state index contributed by atoms with van der Waals surface area (Å²) in [5, 5.41) is 8.98. The Kier molecular flexibility index (Phi) is 4.05. The van der Waals surface area contributed by atoms with Crippen LogP contribution in [0.25, 0.3) is 0 Å². The van der Waals surface area contributed by atoms with Crippen LogP contribution in [0.15, 0.2) is 71.3 Å². The van der Waals surface area contributed by atoms with Gasteiger partial charge in [0.1, 0.15) is 6.73 Å². The van der Waals surface area contributed by atoms with E-state index in [1.54, 1.807) is 0 Å². The minimum atomic E-state index is -0.187. The van der Waals surface area contributed by atoms with E-state index in [1.807, 2.05) is 48.6 Å². The van der Waals surface area contributed by atoms with Gasteiger partial charge in [-0.3, -0.25) is 4.99 Å². The first-order chi connectivity index (χ1) is 8.40. The van der Waals surface area contributed by atoms with Crippen LogP contribution in [0.2, 0.25) is 0 Å². The summed E-state index contributed by atoms with van der Waals surface area (Å²) in [6, 6.07) is 9.90. The van der Waals surface area contributed by atoms with Gasteiger partial charge >= 0.3 is 0 Å². The first kappa shape index (κ1) is 11.6. The van der Waals surface area contributed by atoms with E-state index in [-0.39, 0.29) is 6.73 Å². The van der Waals surface area contributed by atoms with Crippen LogP contribution < -0.4 is 0 Å². The summed E-state index contributed by atoms with van der Waals surface area (Å²) in [7, 11) is 0. The molecule has 1 aromatic carbocycles. The van der Waals surface area contributed by atoms with Crippen LogP contribution in [0.1, 0.15) is 12.0 Å². The van der Waals surface area contributed by atoms with Crippen LogP contribution >= 0.6 is 0 Å². The van der Waals surface area contributed by atoms with Crippen LogP contribution in [0.3, 0.4) is 0 Å². The third-order valence-electron chi connectivity index (χ3n) is 2.54. The van der Waals surface area contributed by atoms with Crippen molar-refractivity contribution < 1.29 is 5.11 Å². The molecular weight excluding hydrogens is 210 g/mol. The average molecular weight is 225 g/mol. The zero-order chi connectivity index (χ0) is 11.9. The summed E-state index contributed by atoms with van der Waals surface area (Å²) < 4.78 is 0. The maximum atomic E-state index is 8.98. The van der Waals surface area contributed by atoms with Gasteiger partial charge in [0.05, 0.1) is 5.71 Å². The monoisotopic (exact) mass is 225 g/mol. The first-order valence-electron chi connectivity index (χ1n) is 5.64. The van der Waals surface area contributed by atoms with E-state index in [2.05, 4.69) is 17.1 Å². The molecule has 1 aliphatic rings. The second kappa shape index (κ2) is 5.97. The molecule has 0 fully saturated rings. The minimum absolute atomic E-state index is 0.187. The molecule has 0 heterocycles. The van der Waals surface area contributed by atoms with E-state index in [9.17, 15) is 0 Å². The van der Waals surface area contributed by atoms with Crippen molar-refractivity contribution in [1.29, 1.82) is 0 Å². The molecule has 17 heavy (non-hydrogen) atoms. The highest BCUT2D eigenvalue weighted by Crippen LogP contribution is 2.12. The molecule has 0 radical (unpaired) electrons. The highest BCUT2D eigenvalue weighted by atomic mass is 16.3. The Hall–Kier alpha value is -1.93. The lowest BCUT2D eigenvalue weighted by molar-refractivity contribution is 0.309. The normalized spacial score (nSPS) is 17.7. The maximum Gasteiger partial charge on any atom is 0.134 e. The Bertz CT molecular complexity index is 481. The molecule has 1 N–H and O–H groups in total. The third kappa shape index (κ3) is 3.26. The van der Waals surface area contributed by atoms with Gasteiger partial charge in [0.25, 0.3) is 0 Å². The molecule has 0 aromatic heterocycles. The van der Waals surface area contributed by atoms with Crippen molar-refractivity contribution in [2.45, 2.75) is 6.42 Å². The van der Waals surface area contributed by atoms with Gasteiger partial charge in [0, 0.05) is 0 Å². The van der Waals surface area contributed by atoms with Crippen molar-refractivity contribution >= 4 is 5.71 Å². The highest BCUT2D eigenvalue weighted by molar-refractivity contribution is 6.09. The second-order valence-electron chi connectivity index (χ2n) is 3.76. The molecule has 0 amide bonds. The minimum Gasteiger partial charge on any atom is -0.375 e. The molecule has 0 atom stereocenters. The Labute approximate surface area is 101 Å². The van der Waals surface area contributed by atoms with E-state index < -0.39 is 0 Å². The molecule has 86 valence electrons. The number of benzene rings is 1. The zero-order valence-electron chi connectivity index (χ0n) is 9.58. The Morgan fingerprint density at radius 2 is 2.06 bits per heavy atom. The van der Waals surface area contributed by atoms with Gasteiger partial charge in [0.15, 0.2) is 0 Å². The molecular formula is C15H15NO. The summed E-state index contributed by atoms with van der Waals surface area (Å²) in [6.07, 6.45) is 11.1. The first-order valence-corrected chi connectivity index (χ1v) is 5.64. The van der Waals surface area contributed by atoms with E-state index in [1.165, 1.54) is 5.57 Å². The molecule has 2 nitrogen and oxygen atoms in total. The molecule has 0 spiro atoms. The van der Waals surface area contributed by atoms with E-state index in [0.717, 1.165) is 17.7 Å². The summed E-state index contributed by atoms with van der Waals surface area (Å²) in [6.45, 7) is -0.187. The Balaban J connectivity index is 2.28. The van der Waals surface area contributed by atoms with Crippen LogP contribution in [-0.4, -0.2) is 17.5 Å². The van der Waals surface area contributed by atoms with Crippen molar-refractivity contribution in [2.75, 3.05) is 6.73 Å². The number of rotatable bonds is 3. The van der Waals surface area contributed by atoms with Gasteiger partial charge in [-0.2, -0.15) is 0 Å². The van der Waals surface area contributed by atoms with E-state index >= 15 is 0 Å². The van der Waals surface area contributed by atoms with Gasteiger partial charge in [-0.1, -0.05) is 54.6 Å². The summed E-state index contributed by atoms with van der Waals surface area (Å²) in [5.74, 6) is 0. The molecule has 0 unspecified atom stereocenters. The largest absolute Gasteiger partial charge is 0.375 e. The molecule has 0 bridgehead atoms. The van der Waals surface area contributed by atoms with Crippen molar-refractivity contribution in [3.8, 4) is 0 Å². The number of hydrogen-bond acceptors (Lipinski definition) is 2. The quantitative estimate of drug-likeness (QED) is 0.788.